The van der Waals surface area contributed by atoms with Crippen molar-refractivity contribution in [1.82, 2.24) is 5.48 Å². The van der Waals surface area contributed by atoms with Crippen LogP contribution in [0.25, 0.3) is 0 Å². The Morgan fingerprint density at radius 2 is 2.25 bits per heavy atom. The van der Waals surface area contributed by atoms with Crippen LogP contribution in [0.5, 0.6) is 0 Å². The fourth-order valence-electron chi connectivity index (χ4n) is 0.0799. The molecule has 0 bridgehead atoms. The Morgan fingerprint density at radius 1 is 1.75 bits per heavy atom. The minimum Gasteiger partial charge on any atom is -0.301 e. The fourth-order valence-corrected chi connectivity index (χ4v) is 0.240. The van der Waals surface area contributed by atoms with E-state index in [-0.39, 0.29) is 0 Å². The normalized spacial score (nSPS) is 10.1. The second-order valence-corrected chi connectivity index (χ2v) is 1.96. The van der Waals surface area contributed by atoms with Crippen molar-refractivity contribution in [2.24, 2.45) is 0 Å². The maximum absolute atomic E-state index is 9.65. The smallest absolute Gasteiger partial charge is 0.301 e. The zero-order valence-electron chi connectivity index (χ0n) is 3.61. The molecule has 0 fully saturated rings. The number of hydrogen-bond donors (Lipinski definition) is 3. The van der Waals surface area contributed by atoms with Gasteiger partial charge in [-0.3, -0.25) is 0 Å². The molecular weight excluding hydrogens is 135 g/mol. The van der Waals surface area contributed by atoms with Crippen LogP contribution in [0.15, 0.2) is 0 Å². The summed E-state index contributed by atoms with van der Waals surface area (Å²) in [5.74, 6) is 0. The summed E-state index contributed by atoms with van der Waals surface area (Å²) in [5, 5.41) is 7.60. The zero-order valence-corrected chi connectivity index (χ0v) is 4.50. The number of rotatable bonds is 2. The average molecular weight is 138 g/mol. The standard InChI is InChI=1S/CH3N2O4P/c2-1-3-7-8(4,5)6/h3H,(H2,4,5,6). The highest BCUT2D eigenvalue weighted by Gasteiger charge is 2.12. The molecule has 0 amide bonds. The summed E-state index contributed by atoms with van der Waals surface area (Å²) in [6, 6.07) is 0. The molecule has 0 unspecified atom stereocenters. The van der Waals surface area contributed by atoms with Gasteiger partial charge in [-0.2, -0.15) is 15.4 Å². The van der Waals surface area contributed by atoms with E-state index in [4.69, 9.17) is 15.0 Å². The van der Waals surface area contributed by atoms with Gasteiger partial charge in [0, 0.05) is 0 Å². The van der Waals surface area contributed by atoms with E-state index in [0.717, 1.165) is 6.19 Å². The van der Waals surface area contributed by atoms with Crippen LogP contribution in [0.3, 0.4) is 0 Å². The van der Waals surface area contributed by atoms with Gasteiger partial charge in [0.05, 0.1) is 0 Å². The molecule has 7 heteroatoms. The fraction of sp³-hybridized carbons (Fsp3) is 0. The van der Waals surface area contributed by atoms with Crippen molar-refractivity contribution in [3.8, 4) is 6.19 Å². The Labute approximate surface area is 44.9 Å². The molecule has 0 aromatic rings. The largest absolute Gasteiger partial charge is 0.491 e. The number of hydroxylamine groups is 1. The number of nitriles is 1. The average Bonchev–Trinajstić information content (AvgIpc) is 1.59. The van der Waals surface area contributed by atoms with E-state index in [1.54, 1.807) is 0 Å². The van der Waals surface area contributed by atoms with Crippen molar-refractivity contribution < 1.29 is 19.0 Å². The lowest BCUT2D eigenvalue weighted by Gasteiger charge is -1.97. The zero-order chi connectivity index (χ0) is 6.62. The highest BCUT2D eigenvalue weighted by atomic mass is 31.2. The molecule has 3 N–H and O–H groups in total. The molecule has 0 heterocycles. The molecule has 46 valence electrons. The molecule has 0 atom stereocenters. The quantitative estimate of drug-likeness (QED) is 0.197. The topological polar surface area (TPSA) is 103 Å². The summed E-state index contributed by atoms with van der Waals surface area (Å²) in [6.45, 7) is 0. The summed E-state index contributed by atoms with van der Waals surface area (Å²) in [4.78, 5) is 15.6. The van der Waals surface area contributed by atoms with Crippen molar-refractivity contribution in [2.75, 3.05) is 0 Å². The van der Waals surface area contributed by atoms with Gasteiger partial charge in [-0.05, 0) is 0 Å². The van der Waals surface area contributed by atoms with Crippen molar-refractivity contribution in [3.05, 3.63) is 0 Å². The summed E-state index contributed by atoms with van der Waals surface area (Å²) in [6.07, 6.45) is 1.16. The number of nitrogens with one attached hydrogen (secondary N) is 1. The number of phosphoric acid groups is 1. The van der Waals surface area contributed by atoms with Crippen LogP contribution in [-0.2, 0) is 9.19 Å². The van der Waals surface area contributed by atoms with Crippen LogP contribution < -0.4 is 5.48 Å². The number of hydrogen-bond acceptors (Lipinski definition) is 4. The van der Waals surface area contributed by atoms with Crippen LogP contribution in [0.2, 0.25) is 0 Å². The minimum absolute atomic E-state index is 1.16. The molecule has 0 saturated heterocycles. The second-order valence-electron chi connectivity index (χ2n) is 0.796. The van der Waals surface area contributed by atoms with Crippen molar-refractivity contribution in [1.29, 1.82) is 5.26 Å². The van der Waals surface area contributed by atoms with E-state index >= 15 is 0 Å². The SMILES string of the molecule is N#CNOP(=O)(O)O. The van der Waals surface area contributed by atoms with Crippen LogP contribution in [0, 0.1) is 11.5 Å². The molecule has 0 rings (SSSR count). The number of nitrogens with zero attached hydrogens (tertiary/aromatic N) is 1. The lowest BCUT2D eigenvalue weighted by atomic mass is 11.5. The monoisotopic (exact) mass is 138 g/mol. The molecule has 6 nitrogen and oxygen atoms in total. The molecule has 0 aromatic carbocycles. The lowest BCUT2D eigenvalue weighted by Crippen LogP contribution is -2.03. The first-order chi connectivity index (χ1) is 3.56. The van der Waals surface area contributed by atoms with Crippen molar-refractivity contribution in [3.63, 3.8) is 0 Å². The summed E-state index contributed by atoms with van der Waals surface area (Å²) >= 11 is 0. The molecule has 0 radical (unpaired) electrons. The third kappa shape index (κ3) is 5.40. The van der Waals surface area contributed by atoms with Gasteiger partial charge in [-0.25, -0.2) is 4.57 Å². The Hall–Kier alpha value is -0.600. The van der Waals surface area contributed by atoms with Crippen LogP contribution in [0.4, 0.5) is 0 Å². The molecule has 0 aliphatic carbocycles. The molecule has 0 spiro atoms. The van der Waals surface area contributed by atoms with E-state index in [9.17, 15) is 4.57 Å². The minimum atomic E-state index is -4.52. The maximum Gasteiger partial charge on any atom is 0.491 e. The van der Waals surface area contributed by atoms with Gasteiger partial charge in [-0.1, -0.05) is 0 Å². The van der Waals surface area contributed by atoms with Gasteiger partial charge in [0.15, 0.2) is 0 Å². The van der Waals surface area contributed by atoms with Crippen LogP contribution in [-0.4, -0.2) is 9.79 Å². The first kappa shape index (κ1) is 7.40. The second kappa shape index (κ2) is 2.64. The third-order valence-corrected chi connectivity index (χ3v) is 0.539. The van der Waals surface area contributed by atoms with Crippen LogP contribution in [0.1, 0.15) is 0 Å². The first-order valence-electron chi connectivity index (χ1n) is 1.44. The molecular formula is CH3N2O4P. The maximum atomic E-state index is 9.65. The van der Waals surface area contributed by atoms with Crippen molar-refractivity contribution >= 4 is 7.82 Å². The molecule has 0 aliphatic heterocycles. The predicted octanol–water partition coefficient (Wildman–Crippen LogP) is -0.919. The Balaban J connectivity index is 3.45. The van der Waals surface area contributed by atoms with E-state index in [2.05, 4.69) is 4.62 Å². The van der Waals surface area contributed by atoms with Crippen LogP contribution >= 0.6 is 7.82 Å². The predicted molar refractivity (Wildman–Crippen MR) is 21.9 cm³/mol. The van der Waals surface area contributed by atoms with Gasteiger partial charge in [-0.15, -0.1) is 0 Å². The highest BCUT2D eigenvalue weighted by molar-refractivity contribution is 7.46. The Morgan fingerprint density at radius 3 is 2.38 bits per heavy atom. The van der Waals surface area contributed by atoms with E-state index in [1.165, 1.54) is 5.48 Å². The third-order valence-electron chi connectivity index (χ3n) is 0.210. The molecule has 0 aliphatic rings. The van der Waals surface area contributed by atoms with E-state index in [0.29, 0.717) is 0 Å². The van der Waals surface area contributed by atoms with E-state index in [1.807, 2.05) is 0 Å². The summed E-state index contributed by atoms with van der Waals surface area (Å²) in [7, 11) is -4.52. The summed E-state index contributed by atoms with van der Waals surface area (Å²) in [5.41, 5.74) is 1.33. The van der Waals surface area contributed by atoms with Gasteiger partial charge in [0.2, 0.25) is 6.19 Å². The van der Waals surface area contributed by atoms with E-state index < -0.39 is 7.82 Å². The van der Waals surface area contributed by atoms with Gasteiger partial charge >= 0.3 is 7.82 Å². The molecule has 0 aromatic heterocycles. The Bertz CT molecular complexity index is 143. The van der Waals surface area contributed by atoms with Gasteiger partial charge < -0.3 is 9.79 Å². The lowest BCUT2D eigenvalue weighted by molar-refractivity contribution is 0.157. The van der Waals surface area contributed by atoms with Gasteiger partial charge in [0.25, 0.3) is 0 Å². The Kier molecular flexibility index (Phi) is 2.45. The molecule has 0 saturated carbocycles. The van der Waals surface area contributed by atoms with Crippen molar-refractivity contribution in [2.45, 2.75) is 0 Å². The summed E-state index contributed by atoms with van der Waals surface area (Å²) < 4.78 is 13.1. The molecule has 8 heavy (non-hydrogen) atoms. The highest BCUT2D eigenvalue weighted by Crippen LogP contribution is 2.33. The first-order valence-corrected chi connectivity index (χ1v) is 2.97. The van der Waals surface area contributed by atoms with Gasteiger partial charge in [0.1, 0.15) is 0 Å².